The monoisotopic (exact) mass is 163 g/mol. The van der Waals surface area contributed by atoms with Gasteiger partial charge in [-0.3, -0.25) is 0 Å². The highest BCUT2D eigenvalue weighted by Gasteiger charge is 1.92. The third kappa shape index (κ3) is 2.83. The largest absolute Gasteiger partial charge is 0.324 e. The number of nitrogens with two attached hydrogens (primary N) is 1. The van der Waals surface area contributed by atoms with E-state index in [1.807, 2.05) is 19.9 Å². The molecule has 42 valence electrons. The van der Waals surface area contributed by atoms with E-state index in [4.69, 9.17) is 5.73 Å². The SMILES string of the molecule is CC=C(Br)C(C)N. The van der Waals surface area contributed by atoms with Crippen molar-refractivity contribution in [2.45, 2.75) is 19.9 Å². The molecule has 7 heavy (non-hydrogen) atoms. The summed E-state index contributed by atoms with van der Waals surface area (Å²) in [6.45, 7) is 3.89. The molecule has 0 spiro atoms. The van der Waals surface area contributed by atoms with Gasteiger partial charge in [0.1, 0.15) is 0 Å². The zero-order valence-electron chi connectivity index (χ0n) is 4.61. The summed E-state index contributed by atoms with van der Waals surface area (Å²) < 4.78 is 1.06. The van der Waals surface area contributed by atoms with Crippen molar-refractivity contribution in [1.29, 1.82) is 0 Å². The van der Waals surface area contributed by atoms with Gasteiger partial charge in [0.05, 0.1) is 0 Å². The molecule has 0 aromatic rings. The van der Waals surface area contributed by atoms with Gasteiger partial charge in [0.15, 0.2) is 0 Å². The molecule has 1 atom stereocenters. The van der Waals surface area contributed by atoms with Crippen LogP contribution >= 0.6 is 15.9 Å². The van der Waals surface area contributed by atoms with Crippen molar-refractivity contribution in [2.75, 3.05) is 0 Å². The van der Waals surface area contributed by atoms with Crippen LogP contribution in [-0.4, -0.2) is 6.04 Å². The van der Waals surface area contributed by atoms with Crippen molar-refractivity contribution in [3.8, 4) is 0 Å². The van der Waals surface area contributed by atoms with E-state index in [2.05, 4.69) is 15.9 Å². The molecule has 0 heterocycles. The molecule has 0 bridgehead atoms. The number of halogens is 1. The highest BCUT2D eigenvalue weighted by molar-refractivity contribution is 9.11. The van der Waals surface area contributed by atoms with Crippen LogP contribution in [0, 0.1) is 0 Å². The van der Waals surface area contributed by atoms with E-state index in [1.54, 1.807) is 0 Å². The standard InChI is InChI=1S/C5H10BrN/c1-3-5(6)4(2)7/h3-4H,7H2,1-2H3. The predicted octanol–water partition coefficient (Wildman–Crippen LogP) is 1.63. The van der Waals surface area contributed by atoms with Gasteiger partial charge in [0.25, 0.3) is 0 Å². The van der Waals surface area contributed by atoms with E-state index in [9.17, 15) is 0 Å². The van der Waals surface area contributed by atoms with Crippen molar-refractivity contribution in [3.63, 3.8) is 0 Å². The number of allylic oxidation sites excluding steroid dienone is 1. The zero-order valence-corrected chi connectivity index (χ0v) is 6.20. The first-order valence-corrected chi connectivity index (χ1v) is 3.05. The van der Waals surface area contributed by atoms with Gasteiger partial charge in [-0.15, -0.1) is 0 Å². The molecule has 0 aromatic heterocycles. The van der Waals surface area contributed by atoms with Crippen LogP contribution in [0.15, 0.2) is 10.6 Å². The number of hydrogen-bond donors (Lipinski definition) is 1. The van der Waals surface area contributed by atoms with Crippen molar-refractivity contribution in [2.24, 2.45) is 5.73 Å². The van der Waals surface area contributed by atoms with Crippen LogP contribution in [-0.2, 0) is 0 Å². The van der Waals surface area contributed by atoms with Crippen LogP contribution in [0.2, 0.25) is 0 Å². The average molecular weight is 164 g/mol. The van der Waals surface area contributed by atoms with Crippen molar-refractivity contribution < 1.29 is 0 Å². The molecule has 0 fully saturated rings. The number of rotatable bonds is 1. The molecule has 0 aliphatic carbocycles. The molecule has 0 amide bonds. The molecule has 0 aromatic carbocycles. The Balaban J connectivity index is 3.56. The van der Waals surface area contributed by atoms with Crippen molar-refractivity contribution >= 4 is 15.9 Å². The van der Waals surface area contributed by atoms with E-state index < -0.39 is 0 Å². The third-order valence-electron chi connectivity index (χ3n) is 0.711. The van der Waals surface area contributed by atoms with Gasteiger partial charge < -0.3 is 5.73 Å². The van der Waals surface area contributed by atoms with Gasteiger partial charge in [0, 0.05) is 10.5 Å². The Kier molecular flexibility index (Phi) is 3.30. The van der Waals surface area contributed by atoms with E-state index in [0.717, 1.165) is 4.48 Å². The van der Waals surface area contributed by atoms with E-state index in [0.29, 0.717) is 0 Å². The first-order valence-electron chi connectivity index (χ1n) is 2.25. The van der Waals surface area contributed by atoms with E-state index in [-0.39, 0.29) is 6.04 Å². The lowest BCUT2D eigenvalue weighted by Crippen LogP contribution is -2.13. The topological polar surface area (TPSA) is 26.0 Å². The lowest BCUT2D eigenvalue weighted by Gasteiger charge is -1.98. The maximum atomic E-state index is 5.43. The summed E-state index contributed by atoms with van der Waals surface area (Å²) in [5, 5.41) is 0. The second-order valence-electron chi connectivity index (χ2n) is 1.46. The van der Waals surface area contributed by atoms with Gasteiger partial charge in [0.2, 0.25) is 0 Å². The molecule has 0 saturated heterocycles. The second-order valence-corrected chi connectivity index (χ2v) is 2.38. The second kappa shape index (κ2) is 3.22. The van der Waals surface area contributed by atoms with E-state index in [1.165, 1.54) is 0 Å². The molecular formula is C5H10BrN. The fourth-order valence-electron chi connectivity index (χ4n) is 0.263. The van der Waals surface area contributed by atoms with Crippen LogP contribution in [0.4, 0.5) is 0 Å². The lowest BCUT2D eigenvalue weighted by atomic mass is 10.3. The smallest absolute Gasteiger partial charge is 0.0329 e. The minimum atomic E-state index is 0.144. The molecule has 1 nitrogen and oxygen atoms in total. The van der Waals surface area contributed by atoms with Crippen molar-refractivity contribution in [3.05, 3.63) is 10.6 Å². The zero-order chi connectivity index (χ0) is 5.86. The van der Waals surface area contributed by atoms with Crippen LogP contribution < -0.4 is 5.73 Å². The first-order chi connectivity index (χ1) is 3.18. The Morgan fingerprint density at radius 3 is 2.29 bits per heavy atom. The Labute approximate surface area is 52.7 Å². The highest BCUT2D eigenvalue weighted by atomic mass is 79.9. The molecule has 2 N–H and O–H groups in total. The predicted molar refractivity (Wildman–Crippen MR) is 36.3 cm³/mol. The maximum Gasteiger partial charge on any atom is 0.0329 e. The summed E-state index contributed by atoms with van der Waals surface area (Å²) in [6, 6.07) is 0.144. The van der Waals surface area contributed by atoms with Gasteiger partial charge in [-0.1, -0.05) is 22.0 Å². The Bertz CT molecular complexity index is 76.1. The molecule has 0 radical (unpaired) electrons. The summed E-state index contributed by atoms with van der Waals surface area (Å²) in [4.78, 5) is 0. The summed E-state index contributed by atoms with van der Waals surface area (Å²) in [7, 11) is 0. The minimum absolute atomic E-state index is 0.144. The number of hydrogen-bond acceptors (Lipinski definition) is 1. The average Bonchev–Trinajstić information content (AvgIpc) is 1.65. The van der Waals surface area contributed by atoms with Crippen LogP contribution in [0.3, 0.4) is 0 Å². The molecule has 0 aliphatic rings. The Morgan fingerprint density at radius 1 is 1.86 bits per heavy atom. The third-order valence-corrected chi connectivity index (χ3v) is 1.89. The fraction of sp³-hybridized carbons (Fsp3) is 0.600. The van der Waals surface area contributed by atoms with Gasteiger partial charge in [-0.05, 0) is 13.8 Å². The Hall–Kier alpha value is 0.180. The maximum absolute atomic E-state index is 5.43. The molecule has 0 saturated carbocycles. The summed E-state index contributed by atoms with van der Waals surface area (Å²) >= 11 is 3.28. The quantitative estimate of drug-likeness (QED) is 0.626. The van der Waals surface area contributed by atoms with Crippen LogP contribution in [0.25, 0.3) is 0 Å². The molecule has 1 unspecified atom stereocenters. The normalized spacial score (nSPS) is 16.9. The summed E-state index contributed by atoms with van der Waals surface area (Å²) in [5.41, 5.74) is 5.43. The minimum Gasteiger partial charge on any atom is -0.324 e. The highest BCUT2D eigenvalue weighted by Crippen LogP contribution is 2.06. The molecule has 0 rings (SSSR count). The Morgan fingerprint density at radius 2 is 2.29 bits per heavy atom. The lowest BCUT2D eigenvalue weighted by molar-refractivity contribution is 0.913. The summed E-state index contributed by atoms with van der Waals surface area (Å²) in [5.74, 6) is 0. The van der Waals surface area contributed by atoms with E-state index >= 15 is 0 Å². The van der Waals surface area contributed by atoms with Crippen molar-refractivity contribution in [1.82, 2.24) is 0 Å². The van der Waals surface area contributed by atoms with Crippen LogP contribution in [0.1, 0.15) is 13.8 Å². The molecular weight excluding hydrogens is 154 g/mol. The van der Waals surface area contributed by atoms with Gasteiger partial charge in [-0.2, -0.15) is 0 Å². The summed E-state index contributed by atoms with van der Waals surface area (Å²) in [6.07, 6.45) is 1.95. The van der Waals surface area contributed by atoms with Gasteiger partial charge >= 0.3 is 0 Å². The fourth-order valence-corrected chi connectivity index (χ4v) is 0.263. The molecule has 0 aliphatic heterocycles. The van der Waals surface area contributed by atoms with Gasteiger partial charge in [-0.25, -0.2) is 0 Å². The first kappa shape index (κ1) is 7.18. The molecule has 2 heteroatoms. The van der Waals surface area contributed by atoms with Crippen LogP contribution in [0.5, 0.6) is 0 Å².